The van der Waals surface area contributed by atoms with Crippen LogP contribution in [0.2, 0.25) is 0 Å². The lowest BCUT2D eigenvalue weighted by Gasteiger charge is -2.35. The van der Waals surface area contributed by atoms with E-state index in [1.807, 2.05) is 0 Å². The van der Waals surface area contributed by atoms with Gasteiger partial charge in [0.05, 0.1) is 6.61 Å². The number of likely N-dealkylation sites (tertiary alicyclic amines) is 1. The molecule has 0 radical (unpaired) electrons. The molecule has 1 aromatic heterocycles. The van der Waals surface area contributed by atoms with Crippen molar-refractivity contribution < 1.29 is 13.5 Å². The van der Waals surface area contributed by atoms with Crippen molar-refractivity contribution in [3.8, 4) is 0 Å². The van der Waals surface area contributed by atoms with Gasteiger partial charge in [-0.05, 0) is 49.5 Å². The summed E-state index contributed by atoms with van der Waals surface area (Å²) in [6.07, 6.45) is 1.75. The first-order chi connectivity index (χ1) is 9.48. The van der Waals surface area contributed by atoms with Crippen molar-refractivity contribution in [1.29, 1.82) is 0 Å². The van der Waals surface area contributed by atoms with Crippen LogP contribution in [0, 0.1) is 0 Å². The Morgan fingerprint density at radius 3 is 2.60 bits per heavy atom. The van der Waals surface area contributed by atoms with Gasteiger partial charge in [0.15, 0.2) is 0 Å². The number of hydrogen-bond acceptors (Lipinski definition) is 5. The maximum atomic E-state index is 12.6. The molecule has 0 bridgehead atoms. The van der Waals surface area contributed by atoms with Crippen molar-refractivity contribution in [1.82, 2.24) is 9.21 Å². The summed E-state index contributed by atoms with van der Waals surface area (Å²) in [6, 6.07) is 1.64. The van der Waals surface area contributed by atoms with Crippen LogP contribution in [0.1, 0.15) is 25.3 Å². The maximum Gasteiger partial charge on any atom is 0.252 e. The van der Waals surface area contributed by atoms with E-state index in [0.717, 1.165) is 32.5 Å². The van der Waals surface area contributed by atoms with Gasteiger partial charge < -0.3 is 10.0 Å². The van der Waals surface area contributed by atoms with Crippen molar-refractivity contribution in [2.45, 2.75) is 36.6 Å². The molecule has 0 aromatic carbocycles. The lowest BCUT2D eigenvalue weighted by atomic mass is 10.1. The monoisotopic (exact) mass is 318 g/mol. The van der Waals surface area contributed by atoms with E-state index in [4.69, 9.17) is 5.11 Å². The van der Waals surface area contributed by atoms with Gasteiger partial charge in [-0.25, -0.2) is 8.42 Å². The summed E-state index contributed by atoms with van der Waals surface area (Å²) in [6.45, 7) is 4.93. The molecular weight excluding hydrogens is 296 g/mol. The zero-order valence-electron chi connectivity index (χ0n) is 11.9. The topological polar surface area (TPSA) is 60.9 Å². The molecule has 1 saturated heterocycles. The van der Waals surface area contributed by atoms with Crippen molar-refractivity contribution >= 4 is 21.4 Å². The van der Waals surface area contributed by atoms with Crippen molar-refractivity contribution in [2.24, 2.45) is 0 Å². The Kier molecular flexibility index (Phi) is 5.19. The van der Waals surface area contributed by atoms with Gasteiger partial charge in [0.1, 0.15) is 4.21 Å². The zero-order chi connectivity index (χ0) is 14.8. The molecule has 0 spiro atoms. The third-order valence-electron chi connectivity index (χ3n) is 3.96. The zero-order valence-corrected chi connectivity index (χ0v) is 13.6. The predicted octanol–water partition coefficient (Wildman–Crippen LogP) is 1.35. The SMILES string of the molecule is CCN1CCC(N(C)S(=O)(=O)c2cc(CO)cs2)CC1. The Labute approximate surface area is 124 Å². The number of sulfonamides is 1. The van der Waals surface area contributed by atoms with Gasteiger partial charge in [0.25, 0.3) is 10.0 Å². The third kappa shape index (κ3) is 3.23. The highest BCUT2D eigenvalue weighted by molar-refractivity contribution is 7.91. The fourth-order valence-electron chi connectivity index (χ4n) is 2.51. The Balaban J connectivity index is 2.09. The summed E-state index contributed by atoms with van der Waals surface area (Å²) in [5.74, 6) is 0. The van der Waals surface area contributed by atoms with Gasteiger partial charge >= 0.3 is 0 Å². The maximum absolute atomic E-state index is 12.6. The first-order valence-corrected chi connectivity index (χ1v) is 9.19. The summed E-state index contributed by atoms with van der Waals surface area (Å²) >= 11 is 1.18. The molecule has 0 amide bonds. The van der Waals surface area contributed by atoms with E-state index in [1.165, 1.54) is 15.6 Å². The molecule has 114 valence electrons. The number of aliphatic hydroxyl groups excluding tert-OH is 1. The third-order valence-corrected chi connectivity index (χ3v) is 7.34. The van der Waals surface area contributed by atoms with Crippen molar-refractivity contribution in [3.63, 3.8) is 0 Å². The molecule has 20 heavy (non-hydrogen) atoms. The van der Waals surface area contributed by atoms with Crippen LogP contribution in [0.25, 0.3) is 0 Å². The van der Waals surface area contributed by atoms with E-state index in [2.05, 4.69) is 11.8 Å². The molecule has 2 heterocycles. The number of piperidine rings is 1. The first-order valence-electron chi connectivity index (χ1n) is 6.87. The molecular formula is C13H22N2O3S2. The Morgan fingerprint density at radius 2 is 2.10 bits per heavy atom. The first kappa shape index (κ1) is 15.9. The van der Waals surface area contributed by atoms with E-state index in [9.17, 15) is 8.42 Å². The largest absolute Gasteiger partial charge is 0.392 e. The molecule has 0 aliphatic carbocycles. The van der Waals surface area contributed by atoms with Crippen LogP contribution in [0.4, 0.5) is 0 Å². The molecule has 1 aromatic rings. The van der Waals surface area contributed by atoms with Crippen LogP contribution >= 0.6 is 11.3 Å². The Hall–Kier alpha value is -0.470. The second-order valence-corrected chi connectivity index (χ2v) is 8.25. The van der Waals surface area contributed by atoms with Crippen LogP contribution in [0.3, 0.4) is 0 Å². The quantitative estimate of drug-likeness (QED) is 0.890. The van der Waals surface area contributed by atoms with E-state index in [-0.39, 0.29) is 12.6 Å². The lowest BCUT2D eigenvalue weighted by Crippen LogP contribution is -2.45. The molecule has 5 nitrogen and oxygen atoms in total. The minimum Gasteiger partial charge on any atom is -0.392 e. The minimum absolute atomic E-state index is 0.0717. The van der Waals surface area contributed by atoms with Crippen molar-refractivity contribution in [2.75, 3.05) is 26.7 Å². The molecule has 1 N–H and O–H groups in total. The van der Waals surface area contributed by atoms with Crippen LogP contribution < -0.4 is 0 Å². The highest BCUT2D eigenvalue weighted by atomic mass is 32.2. The van der Waals surface area contributed by atoms with Gasteiger partial charge in [0, 0.05) is 13.1 Å². The van der Waals surface area contributed by atoms with Crippen LogP contribution in [-0.4, -0.2) is 55.5 Å². The van der Waals surface area contributed by atoms with Crippen molar-refractivity contribution in [3.05, 3.63) is 17.0 Å². The molecule has 0 saturated carbocycles. The van der Waals surface area contributed by atoms with Crippen LogP contribution in [0.5, 0.6) is 0 Å². The molecule has 1 fully saturated rings. The van der Waals surface area contributed by atoms with Gasteiger partial charge in [-0.15, -0.1) is 11.3 Å². The molecule has 0 atom stereocenters. The molecule has 2 rings (SSSR count). The smallest absolute Gasteiger partial charge is 0.252 e. The van der Waals surface area contributed by atoms with Gasteiger partial charge in [-0.1, -0.05) is 6.92 Å². The summed E-state index contributed by atoms with van der Waals surface area (Å²) in [5.41, 5.74) is 0.655. The van der Waals surface area contributed by atoms with Gasteiger partial charge in [-0.3, -0.25) is 0 Å². The number of hydrogen-bond donors (Lipinski definition) is 1. The molecule has 1 aliphatic rings. The predicted molar refractivity (Wildman–Crippen MR) is 80.3 cm³/mol. The van der Waals surface area contributed by atoms with E-state index < -0.39 is 10.0 Å². The Bertz CT molecular complexity index is 534. The number of nitrogens with zero attached hydrogens (tertiary/aromatic N) is 2. The molecule has 0 unspecified atom stereocenters. The van der Waals surface area contributed by atoms with Crippen LogP contribution in [-0.2, 0) is 16.6 Å². The number of rotatable bonds is 5. The highest BCUT2D eigenvalue weighted by Crippen LogP contribution is 2.27. The Morgan fingerprint density at radius 1 is 1.45 bits per heavy atom. The molecule has 7 heteroatoms. The lowest BCUT2D eigenvalue weighted by molar-refractivity contribution is 0.176. The molecule has 1 aliphatic heterocycles. The van der Waals surface area contributed by atoms with E-state index in [1.54, 1.807) is 18.5 Å². The summed E-state index contributed by atoms with van der Waals surface area (Å²) in [4.78, 5) is 2.34. The minimum atomic E-state index is -3.43. The second-order valence-electron chi connectivity index (χ2n) is 5.12. The normalized spacial score (nSPS) is 18.8. The van der Waals surface area contributed by atoms with Gasteiger partial charge in [0.2, 0.25) is 0 Å². The number of aliphatic hydroxyl groups is 1. The fourth-order valence-corrected chi connectivity index (χ4v) is 5.31. The van der Waals surface area contributed by atoms with Gasteiger partial charge in [-0.2, -0.15) is 4.31 Å². The summed E-state index contributed by atoms with van der Waals surface area (Å²) < 4.78 is 26.9. The second kappa shape index (κ2) is 6.53. The van der Waals surface area contributed by atoms with Crippen LogP contribution in [0.15, 0.2) is 15.7 Å². The fraction of sp³-hybridized carbons (Fsp3) is 0.692. The average molecular weight is 318 g/mol. The van der Waals surface area contributed by atoms with E-state index >= 15 is 0 Å². The standard InChI is InChI=1S/C13H22N2O3S2/c1-3-15-6-4-12(5-7-15)14(2)20(17,18)13-8-11(9-16)10-19-13/h8,10,12,16H,3-7,9H2,1-2H3. The number of thiophene rings is 1. The summed E-state index contributed by atoms with van der Waals surface area (Å²) in [7, 11) is -1.76. The van der Waals surface area contributed by atoms with E-state index in [0.29, 0.717) is 9.77 Å². The summed E-state index contributed by atoms with van der Waals surface area (Å²) in [5, 5.41) is 10.7. The highest BCUT2D eigenvalue weighted by Gasteiger charge is 2.31. The average Bonchev–Trinajstić information content (AvgIpc) is 2.96.